The van der Waals surface area contributed by atoms with Crippen LogP contribution in [-0.4, -0.2) is 56.2 Å². The van der Waals surface area contributed by atoms with E-state index in [9.17, 15) is 31.5 Å². The Morgan fingerprint density at radius 3 is 2.12 bits per heavy atom. The van der Waals surface area contributed by atoms with Crippen LogP contribution in [0.25, 0.3) is 0 Å². The van der Waals surface area contributed by atoms with Crippen molar-refractivity contribution in [2.75, 3.05) is 25.0 Å². The van der Waals surface area contributed by atoms with Crippen LogP contribution in [-0.2, 0) is 14.8 Å². The average molecular weight is 488 g/mol. The molecule has 1 amide bonds. The third-order valence-corrected chi connectivity index (χ3v) is 7.08. The number of carbonyl (C=O) groups excluding carboxylic acids is 1. The summed E-state index contributed by atoms with van der Waals surface area (Å²) in [4.78, 5) is 13.6. The SMILES string of the molecule is Cc1ccc(S(=O)(=O)N2CCC(O)(OC(=O)N(C)c3ccc(OC(F)(F)F)cc3)CC2)cc1. The molecule has 0 unspecified atom stereocenters. The number of carbonyl (C=O) groups is 1. The number of alkyl halides is 3. The quantitative estimate of drug-likeness (QED) is 0.646. The van der Waals surface area contributed by atoms with Crippen LogP contribution in [0.1, 0.15) is 18.4 Å². The van der Waals surface area contributed by atoms with Gasteiger partial charge in [0.25, 0.3) is 0 Å². The topological polar surface area (TPSA) is 96.4 Å². The predicted octanol–water partition coefficient (Wildman–Crippen LogP) is 3.64. The maximum absolute atomic E-state index is 12.8. The van der Waals surface area contributed by atoms with Gasteiger partial charge in [0.15, 0.2) is 0 Å². The van der Waals surface area contributed by atoms with E-state index in [1.165, 1.54) is 35.6 Å². The van der Waals surface area contributed by atoms with Crippen LogP contribution in [0.5, 0.6) is 5.75 Å². The Hall–Kier alpha value is -2.83. The van der Waals surface area contributed by atoms with Gasteiger partial charge < -0.3 is 14.6 Å². The molecular formula is C21H23F3N2O6S. The molecule has 0 radical (unpaired) electrons. The van der Waals surface area contributed by atoms with E-state index in [4.69, 9.17) is 4.74 Å². The molecule has 12 heteroatoms. The summed E-state index contributed by atoms with van der Waals surface area (Å²) in [5.74, 6) is -2.34. The van der Waals surface area contributed by atoms with Gasteiger partial charge in [-0.05, 0) is 43.3 Å². The number of ether oxygens (including phenoxy) is 2. The molecule has 1 N–H and O–H groups in total. The van der Waals surface area contributed by atoms with E-state index in [2.05, 4.69) is 4.74 Å². The highest BCUT2D eigenvalue weighted by atomic mass is 32.2. The maximum Gasteiger partial charge on any atom is 0.573 e. The molecule has 0 atom stereocenters. The molecule has 1 fully saturated rings. The van der Waals surface area contributed by atoms with Crippen molar-refractivity contribution in [2.45, 2.75) is 36.8 Å². The van der Waals surface area contributed by atoms with Crippen LogP contribution >= 0.6 is 0 Å². The van der Waals surface area contributed by atoms with Crippen LogP contribution in [0.3, 0.4) is 0 Å². The zero-order valence-electron chi connectivity index (χ0n) is 17.9. The maximum atomic E-state index is 12.8. The van der Waals surface area contributed by atoms with Gasteiger partial charge in [0.05, 0.1) is 4.90 Å². The molecule has 1 aliphatic heterocycles. The molecule has 1 saturated heterocycles. The summed E-state index contributed by atoms with van der Waals surface area (Å²) in [6.07, 6.45) is -6.07. The molecule has 0 saturated carbocycles. The number of benzene rings is 2. The fraction of sp³-hybridized carbons (Fsp3) is 0.381. The molecule has 0 bridgehead atoms. The Kier molecular flexibility index (Phi) is 6.91. The average Bonchev–Trinajstić information content (AvgIpc) is 2.73. The van der Waals surface area contributed by atoms with Crippen LogP contribution in [0, 0.1) is 6.92 Å². The number of anilines is 1. The minimum Gasteiger partial charge on any atom is -0.417 e. The molecule has 2 aromatic carbocycles. The predicted molar refractivity (Wildman–Crippen MR) is 112 cm³/mol. The van der Waals surface area contributed by atoms with E-state index < -0.39 is 34.0 Å². The van der Waals surface area contributed by atoms with Crippen molar-refractivity contribution in [1.82, 2.24) is 4.31 Å². The standard InChI is InChI=1S/C21H23F3N2O6S/c1-15-3-9-18(10-4-15)33(29,30)26-13-11-20(28,12-14-26)32-19(27)25(2)16-5-7-17(8-6-16)31-21(22,23)24/h3-10,28H,11-14H2,1-2H3. The van der Waals surface area contributed by atoms with Gasteiger partial charge in [0.1, 0.15) is 5.75 Å². The molecule has 33 heavy (non-hydrogen) atoms. The van der Waals surface area contributed by atoms with Crippen LogP contribution in [0.2, 0.25) is 0 Å². The second kappa shape index (κ2) is 9.20. The first-order chi connectivity index (χ1) is 15.3. The molecule has 0 aromatic heterocycles. The van der Waals surface area contributed by atoms with E-state index >= 15 is 0 Å². The fourth-order valence-electron chi connectivity index (χ4n) is 3.25. The molecule has 180 valence electrons. The second-order valence-corrected chi connectivity index (χ2v) is 9.57. The Labute approximate surface area is 189 Å². The fourth-order valence-corrected chi connectivity index (χ4v) is 4.69. The van der Waals surface area contributed by atoms with Crippen LogP contribution in [0.15, 0.2) is 53.4 Å². The van der Waals surface area contributed by atoms with Gasteiger partial charge in [0.2, 0.25) is 15.8 Å². The van der Waals surface area contributed by atoms with Gasteiger partial charge in [-0.15, -0.1) is 13.2 Å². The van der Waals surface area contributed by atoms with Gasteiger partial charge in [-0.25, -0.2) is 13.2 Å². The molecule has 8 nitrogen and oxygen atoms in total. The highest BCUT2D eigenvalue weighted by Crippen LogP contribution is 2.30. The molecule has 1 aliphatic rings. The second-order valence-electron chi connectivity index (χ2n) is 7.63. The lowest BCUT2D eigenvalue weighted by molar-refractivity contribution is -0.274. The number of nitrogens with zero attached hydrogens (tertiary/aromatic N) is 2. The third-order valence-electron chi connectivity index (χ3n) is 5.17. The van der Waals surface area contributed by atoms with Crippen LogP contribution in [0.4, 0.5) is 23.7 Å². The highest BCUT2D eigenvalue weighted by Gasteiger charge is 2.40. The third kappa shape index (κ3) is 6.15. The lowest BCUT2D eigenvalue weighted by atomic mass is 10.1. The summed E-state index contributed by atoms with van der Waals surface area (Å²) in [5.41, 5.74) is 1.12. The van der Waals surface area contributed by atoms with Crippen molar-refractivity contribution in [1.29, 1.82) is 0 Å². The highest BCUT2D eigenvalue weighted by molar-refractivity contribution is 7.89. The Balaban J connectivity index is 1.60. The smallest absolute Gasteiger partial charge is 0.417 e. The summed E-state index contributed by atoms with van der Waals surface area (Å²) in [6.45, 7) is 1.72. The Bertz CT molecular complexity index is 1080. The first kappa shape index (κ1) is 24.8. The monoisotopic (exact) mass is 488 g/mol. The van der Waals surface area contributed by atoms with E-state index in [0.717, 1.165) is 22.6 Å². The van der Waals surface area contributed by atoms with E-state index in [1.54, 1.807) is 12.1 Å². The minimum absolute atomic E-state index is 0.0623. The molecule has 1 heterocycles. The normalized spacial score (nSPS) is 16.8. The summed E-state index contributed by atoms with van der Waals surface area (Å²) >= 11 is 0. The van der Waals surface area contributed by atoms with Crippen molar-refractivity contribution < 1.29 is 41.0 Å². The molecular weight excluding hydrogens is 465 g/mol. The number of aliphatic hydroxyl groups is 1. The van der Waals surface area contributed by atoms with Crippen molar-refractivity contribution in [2.24, 2.45) is 0 Å². The molecule has 3 rings (SSSR count). The van der Waals surface area contributed by atoms with Crippen LogP contribution < -0.4 is 9.64 Å². The number of amides is 1. The van der Waals surface area contributed by atoms with E-state index in [1.807, 2.05) is 6.92 Å². The van der Waals surface area contributed by atoms with Crippen molar-refractivity contribution in [3.63, 3.8) is 0 Å². The van der Waals surface area contributed by atoms with E-state index in [0.29, 0.717) is 0 Å². The lowest BCUT2D eigenvalue weighted by Crippen LogP contribution is -2.50. The number of hydrogen-bond donors (Lipinski definition) is 1. The van der Waals surface area contributed by atoms with Gasteiger partial charge >= 0.3 is 12.5 Å². The van der Waals surface area contributed by atoms with Gasteiger partial charge in [-0.1, -0.05) is 17.7 Å². The Morgan fingerprint density at radius 2 is 1.61 bits per heavy atom. The first-order valence-corrected chi connectivity index (χ1v) is 11.3. The molecule has 2 aromatic rings. The molecule has 0 spiro atoms. The number of piperidine rings is 1. The Morgan fingerprint density at radius 1 is 1.06 bits per heavy atom. The number of aryl methyl sites for hydroxylation is 1. The number of sulfonamides is 1. The van der Waals surface area contributed by atoms with E-state index in [-0.39, 0.29) is 36.5 Å². The largest absolute Gasteiger partial charge is 0.573 e. The summed E-state index contributed by atoms with van der Waals surface area (Å²) in [5, 5.41) is 10.7. The summed E-state index contributed by atoms with van der Waals surface area (Å²) < 4.78 is 72.6. The lowest BCUT2D eigenvalue weighted by Gasteiger charge is -2.37. The van der Waals surface area contributed by atoms with Gasteiger partial charge in [-0.2, -0.15) is 4.31 Å². The first-order valence-electron chi connectivity index (χ1n) is 9.91. The van der Waals surface area contributed by atoms with Gasteiger partial charge in [0, 0.05) is 38.7 Å². The number of halogens is 3. The molecule has 0 aliphatic carbocycles. The van der Waals surface area contributed by atoms with Gasteiger partial charge in [-0.3, -0.25) is 4.90 Å². The minimum atomic E-state index is -4.84. The van der Waals surface area contributed by atoms with Crippen molar-refractivity contribution in [3.8, 4) is 5.75 Å². The number of hydrogen-bond acceptors (Lipinski definition) is 6. The summed E-state index contributed by atoms with van der Waals surface area (Å²) in [6, 6.07) is 10.9. The zero-order valence-corrected chi connectivity index (χ0v) is 18.7. The van der Waals surface area contributed by atoms with Crippen molar-refractivity contribution in [3.05, 3.63) is 54.1 Å². The van der Waals surface area contributed by atoms with Crippen molar-refractivity contribution >= 4 is 21.8 Å². The zero-order chi connectivity index (χ0) is 24.4. The summed E-state index contributed by atoms with van der Waals surface area (Å²) in [7, 11) is -2.43. The number of rotatable bonds is 5.